The lowest BCUT2D eigenvalue weighted by molar-refractivity contribution is 0.112. The van der Waals surface area contributed by atoms with Crippen molar-refractivity contribution in [2.45, 2.75) is 52.9 Å². The van der Waals surface area contributed by atoms with Crippen molar-refractivity contribution < 1.29 is 9.53 Å². The van der Waals surface area contributed by atoms with E-state index in [4.69, 9.17) is 4.74 Å². The van der Waals surface area contributed by atoms with Crippen molar-refractivity contribution in [1.82, 2.24) is 0 Å². The Morgan fingerprint density at radius 1 is 1.08 bits per heavy atom. The van der Waals surface area contributed by atoms with Crippen LogP contribution in [-0.4, -0.2) is 12.9 Å². The Bertz CT molecular complexity index is 645. The van der Waals surface area contributed by atoms with Crippen molar-refractivity contribution in [2.75, 3.05) is 6.61 Å². The van der Waals surface area contributed by atoms with E-state index in [-0.39, 0.29) is 0 Å². The third kappa shape index (κ3) is 4.95. The molecular weight excluding hydrogens is 296 g/mol. The van der Waals surface area contributed by atoms with Crippen LogP contribution in [0.25, 0.3) is 5.57 Å². The van der Waals surface area contributed by atoms with Crippen LogP contribution in [0.4, 0.5) is 0 Å². The van der Waals surface area contributed by atoms with Gasteiger partial charge in [-0.1, -0.05) is 56.0 Å². The van der Waals surface area contributed by atoms with E-state index in [0.29, 0.717) is 5.56 Å². The summed E-state index contributed by atoms with van der Waals surface area (Å²) >= 11 is 0. The zero-order valence-corrected chi connectivity index (χ0v) is 15.1. The van der Waals surface area contributed by atoms with Crippen molar-refractivity contribution >= 4 is 11.9 Å². The lowest BCUT2D eigenvalue weighted by atomic mass is 9.93. The second-order valence-corrected chi connectivity index (χ2v) is 6.44. The van der Waals surface area contributed by atoms with Gasteiger partial charge in [-0.05, 0) is 55.6 Å². The number of carbonyl (C=O) groups excluding carboxylic acids is 1. The largest absolute Gasteiger partial charge is 0.494 e. The molecule has 0 N–H and O–H groups in total. The molecule has 0 heterocycles. The van der Waals surface area contributed by atoms with E-state index in [0.717, 1.165) is 37.1 Å². The van der Waals surface area contributed by atoms with Gasteiger partial charge in [0.1, 0.15) is 12.0 Å². The number of hydrogen-bond acceptors (Lipinski definition) is 2. The molecule has 0 radical (unpaired) electrons. The zero-order chi connectivity index (χ0) is 17.4. The molecule has 1 aliphatic rings. The third-order valence-corrected chi connectivity index (χ3v) is 4.39. The second-order valence-electron chi connectivity index (χ2n) is 6.44. The maximum atomic E-state index is 10.8. The van der Waals surface area contributed by atoms with Crippen LogP contribution in [-0.2, 0) is 4.74 Å². The second kappa shape index (κ2) is 9.27. The Morgan fingerprint density at radius 3 is 2.50 bits per heavy atom. The van der Waals surface area contributed by atoms with Crippen LogP contribution in [0.15, 0.2) is 53.3 Å². The number of carbonyl (C=O) groups is 1. The van der Waals surface area contributed by atoms with Gasteiger partial charge in [0.15, 0.2) is 0 Å². The van der Waals surface area contributed by atoms with Gasteiger partial charge in [-0.15, -0.1) is 0 Å². The normalized spacial score (nSPS) is 14.8. The first-order chi connectivity index (χ1) is 11.7. The van der Waals surface area contributed by atoms with Crippen LogP contribution in [0.2, 0.25) is 0 Å². The number of allylic oxidation sites excluding steroid dienone is 5. The van der Waals surface area contributed by atoms with Gasteiger partial charge in [0, 0.05) is 5.56 Å². The molecule has 0 aromatic heterocycles. The van der Waals surface area contributed by atoms with Gasteiger partial charge in [-0.3, -0.25) is 4.79 Å². The highest BCUT2D eigenvalue weighted by atomic mass is 16.5. The summed E-state index contributed by atoms with van der Waals surface area (Å²) in [6.45, 7) is 7.31. The highest BCUT2D eigenvalue weighted by Crippen LogP contribution is 2.32. The molecule has 0 atom stereocenters. The van der Waals surface area contributed by atoms with Gasteiger partial charge >= 0.3 is 0 Å². The van der Waals surface area contributed by atoms with E-state index in [1.807, 2.05) is 24.3 Å². The molecule has 1 aliphatic carbocycles. The van der Waals surface area contributed by atoms with Gasteiger partial charge in [0.2, 0.25) is 0 Å². The van der Waals surface area contributed by atoms with Crippen LogP contribution in [0.5, 0.6) is 0 Å². The lowest BCUT2D eigenvalue weighted by Gasteiger charge is -2.12. The fourth-order valence-electron chi connectivity index (χ4n) is 3.06. The molecule has 1 aromatic rings. The van der Waals surface area contributed by atoms with Gasteiger partial charge in [-0.2, -0.15) is 0 Å². The summed E-state index contributed by atoms with van der Waals surface area (Å²) < 4.78 is 5.96. The van der Waals surface area contributed by atoms with Crippen molar-refractivity contribution in [3.63, 3.8) is 0 Å². The SMILES string of the molecule is CCCCCCOC1=CCC(C)=C(c2ccc(C=O)cc2)C(C)=C1. The first-order valence-corrected chi connectivity index (χ1v) is 8.92. The molecule has 0 saturated carbocycles. The molecule has 2 rings (SSSR count). The third-order valence-electron chi connectivity index (χ3n) is 4.39. The van der Waals surface area contributed by atoms with Crippen LogP contribution >= 0.6 is 0 Å². The minimum Gasteiger partial charge on any atom is -0.494 e. The minimum atomic E-state index is 0.710. The molecule has 0 unspecified atom stereocenters. The Labute approximate surface area is 145 Å². The van der Waals surface area contributed by atoms with Crippen LogP contribution in [0, 0.1) is 0 Å². The summed E-state index contributed by atoms with van der Waals surface area (Å²) in [6.07, 6.45) is 11.0. The monoisotopic (exact) mass is 324 g/mol. The van der Waals surface area contributed by atoms with E-state index in [9.17, 15) is 4.79 Å². The number of unbranched alkanes of at least 4 members (excludes halogenated alkanes) is 3. The van der Waals surface area contributed by atoms with E-state index < -0.39 is 0 Å². The summed E-state index contributed by atoms with van der Waals surface area (Å²) in [4.78, 5) is 10.8. The molecule has 2 nitrogen and oxygen atoms in total. The van der Waals surface area contributed by atoms with Crippen molar-refractivity contribution in [3.8, 4) is 0 Å². The molecule has 0 amide bonds. The van der Waals surface area contributed by atoms with Crippen molar-refractivity contribution in [3.05, 3.63) is 64.4 Å². The zero-order valence-electron chi connectivity index (χ0n) is 15.1. The van der Waals surface area contributed by atoms with Crippen molar-refractivity contribution in [2.24, 2.45) is 0 Å². The fraction of sp³-hybridized carbons (Fsp3) is 0.409. The summed E-state index contributed by atoms with van der Waals surface area (Å²) in [5, 5.41) is 0. The van der Waals surface area contributed by atoms with Gasteiger partial charge in [0.25, 0.3) is 0 Å². The van der Waals surface area contributed by atoms with Gasteiger partial charge in [0.05, 0.1) is 6.61 Å². The molecular formula is C22H28O2. The predicted octanol–water partition coefficient (Wildman–Crippen LogP) is 6.10. The average Bonchev–Trinajstić information content (AvgIpc) is 2.73. The van der Waals surface area contributed by atoms with Crippen LogP contribution in [0.1, 0.15) is 68.8 Å². The summed E-state index contributed by atoms with van der Waals surface area (Å²) in [7, 11) is 0. The molecule has 0 fully saturated rings. The molecule has 0 saturated heterocycles. The average molecular weight is 324 g/mol. The highest BCUT2D eigenvalue weighted by molar-refractivity contribution is 5.83. The van der Waals surface area contributed by atoms with Gasteiger partial charge in [-0.25, -0.2) is 0 Å². The molecule has 128 valence electrons. The summed E-state index contributed by atoms with van der Waals surface area (Å²) in [5.74, 6) is 0.975. The Kier molecular flexibility index (Phi) is 7.05. The molecule has 0 bridgehead atoms. The lowest BCUT2D eigenvalue weighted by Crippen LogP contribution is -1.94. The Balaban J connectivity index is 2.08. The predicted molar refractivity (Wildman–Crippen MR) is 101 cm³/mol. The quantitative estimate of drug-likeness (QED) is 0.426. The van der Waals surface area contributed by atoms with Crippen LogP contribution in [0.3, 0.4) is 0 Å². The summed E-state index contributed by atoms with van der Waals surface area (Å²) in [6, 6.07) is 7.80. The first kappa shape index (κ1) is 18.3. The minimum absolute atomic E-state index is 0.710. The smallest absolute Gasteiger partial charge is 0.150 e. The highest BCUT2D eigenvalue weighted by Gasteiger charge is 2.12. The molecule has 24 heavy (non-hydrogen) atoms. The number of ether oxygens (including phenoxy) is 1. The van der Waals surface area contributed by atoms with E-state index in [1.54, 1.807) is 0 Å². The number of rotatable bonds is 8. The van der Waals surface area contributed by atoms with Gasteiger partial charge < -0.3 is 4.74 Å². The standard InChI is InChI=1S/C22H28O2/c1-4-5-6-7-14-24-21-13-8-17(2)22(18(3)15-21)20-11-9-19(16-23)10-12-20/h9-13,15-16H,4-8,14H2,1-3H3. The molecule has 0 aliphatic heterocycles. The molecule has 2 heteroatoms. The number of benzene rings is 1. The topological polar surface area (TPSA) is 26.3 Å². The molecule has 1 aromatic carbocycles. The Hall–Kier alpha value is -2.09. The van der Waals surface area contributed by atoms with E-state index in [1.165, 1.54) is 36.0 Å². The maximum absolute atomic E-state index is 10.8. The Morgan fingerprint density at radius 2 is 1.83 bits per heavy atom. The fourth-order valence-corrected chi connectivity index (χ4v) is 3.06. The first-order valence-electron chi connectivity index (χ1n) is 8.92. The molecule has 0 spiro atoms. The maximum Gasteiger partial charge on any atom is 0.150 e. The van der Waals surface area contributed by atoms with E-state index in [2.05, 4.69) is 32.9 Å². The number of aldehydes is 1. The van der Waals surface area contributed by atoms with Crippen molar-refractivity contribution in [1.29, 1.82) is 0 Å². The van der Waals surface area contributed by atoms with E-state index >= 15 is 0 Å². The van der Waals surface area contributed by atoms with Crippen LogP contribution < -0.4 is 0 Å². The summed E-state index contributed by atoms with van der Waals surface area (Å²) in [5.41, 5.74) is 5.66. The number of hydrogen-bond donors (Lipinski definition) is 0.